The fourth-order valence-electron chi connectivity index (χ4n) is 3.02. The summed E-state index contributed by atoms with van der Waals surface area (Å²) in [5.41, 5.74) is 0.475. The van der Waals surface area contributed by atoms with Crippen molar-refractivity contribution in [1.29, 1.82) is 0 Å². The molecule has 0 spiro atoms. The van der Waals surface area contributed by atoms with Crippen molar-refractivity contribution in [2.75, 3.05) is 39.3 Å². The molecule has 2 aliphatic heterocycles. The Hall–Kier alpha value is -0.120. The van der Waals surface area contributed by atoms with Crippen LogP contribution in [0.3, 0.4) is 0 Å². The highest BCUT2D eigenvalue weighted by Gasteiger charge is 2.29. The van der Waals surface area contributed by atoms with Crippen molar-refractivity contribution >= 4 is 0 Å². The van der Waals surface area contributed by atoms with Gasteiger partial charge in [-0.05, 0) is 38.1 Å². The maximum absolute atomic E-state index is 5.70. The fourth-order valence-corrected chi connectivity index (χ4v) is 3.02. The van der Waals surface area contributed by atoms with E-state index in [9.17, 15) is 0 Å². The third kappa shape index (κ3) is 3.44. The Morgan fingerprint density at radius 3 is 3.06 bits per heavy atom. The lowest BCUT2D eigenvalue weighted by Gasteiger charge is -2.38. The van der Waals surface area contributed by atoms with E-state index in [-0.39, 0.29) is 0 Å². The summed E-state index contributed by atoms with van der Waals surface area (Å²) < 4.78 is 5.70. The highest BCUT2D eigenvalue weighted by molar-refractivity contribution is 4.85. The SMILES string of the molecule is CC1CN(CC2(C)CCCNC2)CCCO1. The van der Waals surface area contributed by atoms with E-state index in [2.05, 4.69) is 24.1 Å². The molecule has 94 valence electrons. The predicted molar refractivity (Wildman–Crippen MR) is 66.7 cm³/mol. The van der Waals surface area contributed by atoms with Crippen LogP contribution in [0.5, 0.6) is 0 Å². The Balaban J connectivity index is 1.86. The lowest BCUT2D eigenvalue weighted by Crippen LogP contribution is -2.47. The fraction of sp³-hybridized carbons (Fsp3) is 1.00. The van der Waals surface area contributed by atoms with E-state index in [4.69, 9.17) is 4.74 Å². The highest BCUT2D eigenvalue weighted by atomic mass is 16.5. The number of nitrogens with one attached hydrogen (secondary N) is 1. The van der Waals surface area contributed by atoms with Crippen molar-refractivity contribution in [3.63, 3.8) is 0 Å². The van der Waals surface area contributed by atoms with Crippen molar-refractivity contribution in [1.82, 2.24) is 10.2 Å². The summed E-state index contributed by atoms with van der Waals surface area (Å²) in [4.78, 5) is 2.60. The largest absolute Gasteiger partial charge is 0.377 e. The number of nitrogens with zero attached hydrogens (tertiary/aromatic N) is 1. The van der Waals surface area contributed by atoms with Gasteiger partial charge in [0, 0.05) is 32.8 Å². The van der Waals surface area contributed by atoms with Gasteiger partial charge in [0.25, 0.3) is 0 Å². The molecule has 2 fully saturated rings. The molecule has 0 aromatic carbocycles. The molecule has 1 N–H and O–H groups in total. The maximum atomic E-state index is 5.70. The van der Waals surface area contributed by atoms with E-state index in [1.54, 1.807) is 0 Å². The van der Waals surface area contributed by atoms with Gasteiger partial charge >= 0.3 is 0 Å². The maximum Gasteiger partial charge on any atom is 0.0673 e. The van der Waals surface area contributed by atoms with Gasteiger partial charge in [0.2, 0.25) is 0 Å². The first-order chi connectivity index (χ1) is 7.68. The Labute approximate surface area is 99.5 Å². The van der Waals surface area contributed by atoms with Crippen LogP contribution in [-0.4, -0.2) is 50.3 Å². The van der Waals surface area contributed by atoms with Crippen molar-refractivity contribution < 1.29 is 4.74 Å². The minimum Gasteiger partial charge on any atom is -0.377 e. The Kier molecular flexibility index (Phi) is 4.22. The Morgan fingerprint density at radius 1 is 1.44 bits per heavy atom. The highest BCUT2D eigenvalue weighted by Crippen LogP contribution is 2.27. The molecule has 2 heterocycles. The molecular formula is C13H26N2O. The lowest BCUT2D eigenvalue weighted by atomic mass is 9.82. The van der Waals surface area contributed by atoms with Crippen LogP contribution < -0.4 is 5.32 Å². The molecule has 0 amide bonds. The number of rotatable bonds is 2. The molecule has 3 nitrogen and oxygen atoms in total. The minimum absolute atomic E-state index is 0.405. The number of piperidine rings is 1. The molecule has 2 unspecified atom stereocenters. The Morgan fingerprint density at radius 2 is 2.31 bits per heavy atom. The lowest BCUT2D eigenvalue weighted by molar-refractivity contribution is 0.0574. The number of ether oxygens (including phenoxy) is 1. The summed E-state index contributed by atoms with van der Waals surface area (Å²) in [6.45, 7) is 11.5. The van der Waals surface area contributed by atoms with Crippen LogP contribution in [0.1, 0.15) is 33.1 Å². The molecule has 0 saturated carbocycles. The van der Waals surface area contributed by atoms with E-state index in [1.807, 2.05) is 0 Å². The zero-order valence-electron chi connectivity index (χ0n) is 10.8. The molecule has 2 saturated heterocycles. The molecule has 2 atom stereocenters. The number of hydrogen-bond donors (Lipinski definition) is 1. The molecular weight excluding hydrogens is 200 g/mol. The zero-order chi connectivity index (χ0) is 11.4. The van der Waals surface area contributed by atoms with Gasteiger partial charge in [-0.2, -0.15) is 0 Å². The molecule has 2 aliphatic rings. The van der Waals surface area contributed by atoms with E-state index < -0.39 is 0 Å². The number of hydrogen-bond acceptors (Lipinski definition) is 3. The second-order valence-electron chi connectivity index (χ2n) is 5.86. The van der Waals surface area contributed by atoms with Crippen LogP contribution in [0.15, 0.2) is 0 Å². The molecule has 16 heavy (non-hydrogen) atoms. The third-order valence-electron chi connectivity index (χ3n) is 3.83. The average molecular weight is 226 g/mol. The van der Waals surface area contributed by atoms with Gasteiger partial charge in [-0.15, -0.1) is 0 Å². The van der Waals surface area contributed by atoms with E-state index in [0.717, 1.165) is 13.2 Å². The van der Waals surface area contributed by atoms with Gasteiger partial charge in [0.1, 0.15) is 0 Å². The molecule has 0 bridgehead atoms. The molecule has 0 aromatic heterocycles. The normalized spacial score (nSPS) is 38.2. The Bertz CT molecular complexity index is 214. The first kappa shape index (κ1) is 12.3. The summed E-state index contributed by atoms with van der Waals surface area (Å²) in [5.74, 6) is 0. The van der Waals surface area contributed by atoms with Gasteiger partial charge < -0.3 is 15.0 Å². The van der Waals surface area contributed by atoms with Gasteiger partial charge in [-0.1, -0.05) is 6.92 Å². The van der Waals surface area contributed by atoms with Crippen LogP contribution in [0.4, 0.5) is 0 Å². The van der Waals surface area contributed by atoms with Crippen molar-refractivity contribution in [2.24, 2.45) is 5.41 Å². The molecule has 0 aliphatic carbocycles. The smallest absolute Gasteiger partial charge is 0.0673 e. The summed E-state index contributed by atoms with van der Waals surface area (Å²) >= 11 is 0. The molecule has 2 rings (SSSR count). The van der Waals surface area contributed by atoms with Crippen LogP contribution >= 0.6 is 0 Å². The van der Waals surface area contributed by atoms with E-state index in [1.165, 1.54) is 45.4 Å². The topological polar surface area (TPSA) is 24.5 Å². The standard InChI is InChI=1S/C13H26N2O/c1-12-9-15(7-4-8-16-12)11-13(2)5-3-6-14-10-13/h12,14H,3-11H2,1-2H3. The first-order valence-corrected chi connectivity index (χ1v) is 6.73. The minimum atomic E-state index is 0.405. The first-order valence-electron chi connectivity index (χ1n) is 6.73. The third-order valence-corrected chi connectivity index (χ3v) is 3.83. The van der Waals surface area contributed by atoms with Gasteiger partial charge in [0.15, 0.2) is 0 Å². The van der Waals surface area contributed by atoms with Crippen molar-refractivity contribution in [3.05, 3.63) is 0 Å². The zero-order valence-corrected chi connectivity index (χ0v) is 10.8. The van der Waals surface area contributed by atoms with Gasteiger partial charge in [-0.25, -0.2) is 0 Å². The van der Waals surface area contributed by atoms with Gasteiger partial charge in [0.05, 0.1) is 6.10 Å². The molecule has 3 heteroatoms. The van der Waals surface area contributed by atoms with Crippen LogP contribution in [0.25, 0.3) is 0 Å². The summed E-state index contributed by atoms with van der Waals surface area (Å²) in [5, 5.41) is 3.53. The summed E-state index contributed by atoms with van der Waals surface area (Å²) in [6.07, 6.45) is 4.29. The van der Waals surface area contributed by atoms with Crippen molar-refractivity contribution in [2.45, 2.75) is 39.2 Å². The molecule has 0 radical (unpaired) electrons. The van der Waals surface area contributed by atoms with E-state index in [0.29, 0.717) is 11.5 Å². The second-order valence-corrected chi connectivity index (χ2v) is 5.86. The quantitative estimate of drug-likeness (QED) is 0.772. The second kappa shape index (κ2) is 5.48. The summed E-state index contributed by atoms with van der Waals surface area (Å²) in [7, 11) is 0. The summed E-state index contributed by atoms with van der Waals surface area (Å²) in [6, 6.07) is 0. The predicted octanol–water partition coefficient (Wildman–Crippen LogP) is 1.49. The van der Waals surface area contributed by atoms with Crippen LogP contribution in [0.2, 0.25) is 0 Å². The average Bonchev–Trinajstić information content (AvgIpc) is 2.43. The van der Waals surface area contributed by atoms with Crippen LogP contribution in [-0.2, 0) is 4.74 Å². The van der Waals surface area contributed by atoms with Gasteiger partial charge in [-0.3, -0.25) is 0 Å². The van der Waals surface area contributed by atoms with Crippen LogP contribution in [0, 0.1) is 5.41 Å². The van der Waals surface area contributed by atoms with E-state index >= 15 is 0 Å². The van der Waals surface area contributed by atoms with Crippen molar-refractivity contribution in [3.8, 4) is 0 Å². The monoisotopic (exact) mass is 226 g/mol. The molecule has 0 aromatic rings.